The molecular formula is C19H17N7O. The lowest BCUT2D eigenvalue weighted by Gasteiger charge is -2.13. The molecule has 0 radical (unpaired) electrons. The average molecular weight is 359 g/mol. The summed E-state index contributed by atoms with van der Waals surface area (Å²) >= 11 is 0. The van der Waals surface area contributed by atoms with Crippen molar-refractivity contribution in [1.82, 2.24) is 20.6 Å². The Morgan fingerprint density at radius 3 is 2.70 bits per heavy atom. The highest BCUT2D eigenvalue weighted by molar-refractivity contribution is 6.06. The predicted octanol–water partition coefficient (Wildman–Crippen LogP) is 3.05. The molecule has 0 aliphatic carbocycles. The van der Waals surface area contributed by atoms with Gasteiger partial charge in [-0.1, -0.05) is 24.3 Å². The molecule has 1 amide bonds. The van der Waals surface area contributed by atoms with E-state index in [-0.39, 0.29) is 17.3 Å². The number of nitrogens with one attached hydrogen (secondary N) is 3. The zero-order valence-electron chi connectivity index (χ0n) is 14.8. The number of nitriles is 1. The quantitative estimate of drug-likeness (QED) is 0.602. The first-order valence-electron chi connectivity index (χ1n) is 8.16. The molecule has 1 aromatic heterocycles. The van der Waals surface area contributed by atoms with Gasteiger partial charge in [-0.05, 0) is 48.4 Å². The molecule has 3 N–H and O–H groups in total. The van der Waals surface area contributed by atoms with Crippen molar-refractivity contribution in [3.63, 3.8) is 0 Å². The van der Waals surface area contributed by atoms with Crippen molar-refractivity contribution in [2.45, 2.75) is 13.8 Å². The highest BCUT2D eigenvalue weighted by atomic mass is 16.1. The van der Waals surface area contributed by atoms with Gasteiger partial charge in [-0.25, -0.2) is 0 Å². The zero-order valence-corrected chi connectivity index (χ0v) is 14.8. The van der Waals surface area contributed by atoms with Crippen LogP contribution in [0.15, 0.2) is 48.7 Å². The molecule has 0 saturated carbocycles. The summed E-state index contributed by atoms with van der Waals surface area (Å²) in [6.07, 6.45) is 1.48. The Bertz CT molecular complexity index is 1030. The van der Waals surface area contributed by atoms with Crippen molar-refractivity contribution < 1.29 is 4.79 Å². The van der Waals surface area contributed by atoms with Crippen LogP contribution in [0.1, 0.15) is 27.3 Å². The van der Waals surface area contributed by atoms with Gasteiger partial charge in [0.2, 0.25) is 5.82 Å². The maximum Gasteiger partial charge on any atom is 0.255 e. The number of aryl methyl sites for hydroxylation is 2. The monoisotopic (exact) mass is 359 g/mol. The van der Waals surface area contributed by atoms with Gasteiger partial charge < -0.3 is 10.6 Å². The van der Waals surface area contributed by atoms with Crippen LogP contribution in [0.3, 0.4) is 0 Å². The topological polar surface area (TPSA) is 119 Å². The van der Waals surface area contributed by atoms with Crippen LogP contribution in [0.4, 0.5) is 11.4 Å². The van der Waals surface area contributed by atoms with Gasteiger partial charge in [0.25, 0.3) is 5.91 Å². The van der Waals surface area contributed by atoms with Gasteiger partial charge in [-0.3, -0.25) is 4.79 Å². The first-order chi connectivity index (χ1) is 13.1. The fraction of sp³-hybridized carbons (Fsp3) is 0.105. The van der Waals surface area contributed by atoms with Crippen LogP contribution >= 0.6 is 0 Å². The minimum absolute atomic E-state index is 0.183. The second-order valence-corrected chi connectivity index (χ2v) is 5.87. The first-order valence-corrected chi connectivity index (χ1v) is 8.16. The molecule has 2 aromatic carbocycles. The van der Waals surface area contributed by atoms with Crippen molar-refractivity contribution in [2.24, 2.45) is 0 Å². The molecule has 8 heteroatoms. The normalized spacial score (nSPS) is 10.9. The summed E-state index contributed by atoms with van der Waals surface area (Å²) in [4.78, 5) is 12.6. The fourth-order valence-corrected chi connectivity index (χ4v) is 2.48. The maximum atomic E-state index is 12.6. The molecule has 0 aliphatic heterocycles. The number of aromatic amines is 1. The molecule has 3 rings (SSSR count). The van der Waals surface area contributed by atoms with E-state index in [1.165, 1.54) is 6.20 Å². The van der Waals surface area contributed by atoms with Gasteiger partial charge in [-0.15, -0.1) is 10.2 Å². The van der Waals surface area contributed by atoms with E-state index in [0.29, 0.717) is 16.9 Å². The van der Waals surface area contributed by atoms with Crippen molar-refractivity contribution in [2.75, 3.05) is 10.6 Å². The zero-order chi connectivity index (χ0) is 19.2. The van der Waals surface area contributed by atoms with Crippen molar-refractivity contribution >= 4 is 22.9 Å². The molecule has 0 bridgehead atoms. The van der Waals surface area contributed by atoms with Crippen molar-refractivity contribution in [3.8, 4) is 6.07 Å². The van der Waals surface area contributed by atoms with E-state index in [9.17, 15) is 10.1 Å². The molecule has 8 nitrogen and oxygen atoms in total. The van der Waals surface area contributed by atoms with Gasteiger partial charge in [0.1, 0.15) is 11.6 Å². The third-order valence-electron chi connectivity index (χ3n) is 3.89. The number of rotatable bonds is 5. The van der Waals surface area contributed by atoms with Crippen LogP contribution in [0.25, 0.3) is 5.57 Å². The van der Waals surface area contributed by atoms with Crippen LogP contribution in [-0.2, 0) is 0 Å². The molecular weight excluding hydrogens is 342 g/mol. The third kappa shape index (κ3) is 4.16. The number of nitrogens with zero attached hydrogens (tertiary/aromatic N) is 4. The number of carbonyl (C=O) groups excluding carboxylic acids is 1. The Kier molecular flexibility index (Phi) is 5.23. The third-order valence-corrected chi connectivity index (χ3v) is 3.89. The van der Waals surface area contributed by atoms with E-state index < -0.39 is 0 Å². The average Bonchev–Trinajstić information content (AvgIpc) is 3.19. The summed E-state index contributed by atoms with van der Waals surface area (Å²) in [6, 6.07) is 14.9. The lowest BCUT2D eigenvalue weighted by atomic mass is 10.1. The van der Waals surface area contributed by atoms with E-state index in [1.807, 2.05) is 56.3 Å². The molecule has 134 valence electrons. The number of aromatic nitrogens is 4. The Hall–Kier alpha value is -3.99. The molecule has 0 unspecified atom stereocenters. The number of tetrazole rings is 1. The Labute approximate surface area is 155 Å². The number of allylic oxidation sites excluding steroid dienone is 1. The first kappa shape index (κ1) is 17.8. The number of amides is 1. The molecule has 27 heavy (non-hydrogen) atoms. The van der Waals surface area contributed by atoms with Crippen LogP contribution in [0.2, 0.25) is 0 Å². The van der Waals surface area contributed by atoms with Crippen LogP contribution in [0.5, 0.6) is 0 Å². The smallest absolute Gasteiger partial charge is 0.255 e. The molecule has 0 fully saturated rings. The van der Waals surface area contributed by atoms with Crippen molar-refractivity contribution in [3.05, 3.63) is 71.2 Å². The molecule has 3 aromatic rings. The maximum absolute atomic E-state index is 12.6. The van der Waals surface area contributed by atoms with Crippen LogP contribution < -0.4 is 10.6 Å². The lowest BCUT2D eigenvalue weighted by Crippen LogP contribution is -2.14. The number of hydrogen-bond acceptors (Lipinski definition) is 6. The number of hydrogen-bond donors (Lipinski definition) is 3. The number of carbonyl (C=O) groups is 1. The SMILES string of the molecule is Cc1ccc(NC(=O)c2ccccc2C)c(NC=C(C#N)c2nn[nH]n2)c1. The summed E-state index contributed by atoms with van der Waals surface area (Å²) in [5.41, 5.74) is 3.94. The minimum Gasteiger partial charge on any atom is -0.359 e. The molecule has 0 saturated heterocycles. The summed E-state index contributed by atoms with van der Waals surface area (Å²) in [6.45, 7) is 3.82. The van der Waals surface area contributed by atoms with Crippen molar-refractivity contribution in [1.29, 1.82) is 5.26 Å². The largest absolute Gasteiger partial charge is 0.359 e. The minimum atomic E-state index is -0.206. The van der Waals surface area contributed by atoms with E-state index in [1.54, 1.807) is 6.07 Å². The Morgan fingerprint density at radius 2 is 2.00 bits per heavy atom. The standard InChI is InChI=1S/C19H17N7O/c1-12-7-8-16(22-19(27)15-6-4-3-5-13(15)2)17(9-12)21-11-14(10-20)18-23-25-26-24-18/h3-9,11,21H,1-2H3,(H,22,27)(H,23,24,25,26). The van der Waals surface area contributed by atoms with Gasteiger partial charge in [0.15, 0.2) is 0 Å². The summed E-state index contributed by atoms with van der Waals surface area (Å²) in [7, 11) is 0. The summed E-state index contributed by atoms with van der Waals surface area (Å²) < 4.78 is 0. The van der Waals surface area contributed by atoms with E-state index in [0.717, 1.165) is 11.1 Å². The summed E-state index contributed by atoms with van der Waals surface area (Å²) in [5.74, 6) is -0.0224. The predicted molar refractivity (Wildman–Crippen MR) is 102 cm³/mol. The number of H-pyrrole nitrogens is 1. The highest BCUT2D eigenvalue weighted by Gasteiger charge is 2.12. The van der Waals surface area contributed by atoms with Gasteiger partial charge in [0.05, 0.1) is 11.4 Å². The molecule has 0 aliphatic rings. The molecule has 0 atom stereocenters. The van der Waals surface area contributed by atoms with Gasteiger partial charge in [0, 0.05) is 11.8 Å². The van der Waals surface area contributed by atoms with E-state index in [2.05, 4.69) is 31.3 Å². The number of benzene rings is 2. The molecule has 1 heterocycles. The Morgan fingerprint density at radius 1 is 1.19 bits per heavy atom. The Balaban J connectivity index is 1.86. The number of anilines is 2. The van der Waals surface area contributed by atoms with E-state index in [4.69, 9.17) is 0 Å². The van der Waals surface area contributed by atoms with Crippen LogP contribution in [0, 0.1) is 25.2 Å². The molecule has 0 spiro atoms. The van der Waals surface area contributed by atoms with Gasteiger partial charge in [-0.2, -0.15) is 10.5 Å². The summed E-state index contributed by atoms with van der Waals surface area (Å²) in [5, 5.41) is 28.6. The second kappa shape index (κ2) is 7.93. The highest BCUT2D eigenvalue weighted by Crippen LogP contribution is 2.25. The van der Waals surface area contributed by atoms with Gasteiger partial charge >= 0.3 is 0 Å². The lowest BCUT2D eigenvalue weighted by molar-refractivity contribution is 0.102. The van der Waals surface area contributed by atoms with E-state index >= 15 is 0 Å². The second-order valence-electron chi connectivity index (χ2n) is 5.87. The fourth-order valence-electron chi connectivity index (χ4n) is 2.48. The van der Waals surface area contributed by atoms with Crippen LogP contribution in [-0.4, -0.2) is 26.5 Å².